The summed E-state index contributed by atoms with van der Waals surface area (Å²) in [5.74, 6) is 1.58. The van der Waals surface area contributed by atoms with Gasteiger partial charge in [-0.25, -0.2) is 0 Å². The Morgan fingerprint density at radius 3 is 2.53 bits per heavy atom. The van der Waals surface area contributed by atoms with Crippen molar-refractivity contribution in [1.82, 2.24) is 0 Å². The maximum Gasteiger partial charge on any atom is 0.134 e. The number of hydrogen-bond donors (Lipinski definition) is 1. The van der Waals surface area contributed by atoms with E-state index in [1.54, 1.807) is 6.26 Å². The molecule has 19 heavy (non-hydrogen) atoms. The summed E-state index contributed by atoms with van der Waals surface area (Å²) >= 11 is 0. The summed E-state index contributed by atoms with van der Waals surface area (Å²) in [4.78, 5) is 0. The first-order valence-corrected chi connectivity index (χ1v) is 6.36. The zero-order valence-electron chi connectivity index (χ0n) is 11.0. The molecule has 2 rings (SSSR count). The quantitative estimate of drug-likeness (QED) is 0.779. The lowest BCUT2D eigenvalue weighted by Crippen LogP contribution is -2.28. The molecule has 1 aromatic carbocycles. The molecular weight excluding hydrogens is 242 g/mol. The molecule has 0 fully saturated rings. The number of benzene rings is 1. The highest BCUT2D eigenvalue weighted by Gasteiger charge is 2.19. The molecule has 2 N–H and O–H groups in total. The summed E-state index contributed by atoms with van der Waals surface area (Å²) < 4.78 is 16.6. The van der Waals surface area contributed by atoms with Gasteiger partial charge in [-0.15, -0.1) is 0 Å². The van der Waals surface area contributed by atoms with Crippen LogP contribution in [0.1, 0.15) is 18.8 Å². The van der Waals surface area contributed by atoms with Crippen molar-refractivity contribution in [3.8, 4) is 5.75 Å². The average Bonchev–Trinajstić information content (AvgIpc) is 2.93. The van der Waals surface area contributed by atoms with E-state index in [-0.39, 0.29) is 12.1 Å². The number of rotatable bonds is 7. The molecule has 2 unspecified atom stereocenters. The maximum atomic E-state index is 5.90. The van der Waals surface area contributed by atoms with Crippen molar-refractivity contribution in [2.24, 2.45) is 5.73 Å². The largest absolute Gasteiger partial charge is 0.491 e. The van der Waals surface area contributed by atoms with Crippen LogP contribution in [0, 0.1) is 0 Å². The molecule has 0 saturated heterocycles. The standard InChI is InChI=1S/C15H19NO3/c1-12(16)15(14-8-5-9-18-14)19-11-10-17-13-6-3-2-4-7-13/h2-9,12,15H,10-11,16H2,1H3. The van der Waals surface area contributed by atoms with Crippen molar-refractivity contribution in [2.45, 2.75) is 19.1 Å². The number of nitrogens with two attached hydrogens (primary N) is 1. The normalized spacial score (nSPS) is 14.0. The maximum absolute atomic E-state index is 5.90. The van der Waals surface area contributed by atoms with Gasteiger partial charge in [0.2, 0.25) is 0 Å². The molecular formula is C15H19NO3. The summed E-state index contributed by atoms with van der Waals surface area (Å²) in [5, 5.41) is 0. The molecule has 4 nitrogen and oxygen atoms in total. The van der Waals surface area contributed by atoms with E-state index in [0.29, 0.717) is 13.2 Å². The van der Waals surface area contributed by atoms with Gasteiger partial charge in [0.15, 0.2) is 0 Å². The van der Waals surface area contributed by atoms with Crippen molar-refractivity contribution in [1.29, 1.82) is 0 Å². The first kappa shape index (κ1) is 13.6. The molecule has 2 aromatic rings. The lowest BCUT2D eigenvalue weighted by atomic mass is 10.1. The Balaban J connectivity index is 1.77. The number of ether oxygens (including phenoxy) is 2. The highest BCUT2D eigenvalue weighted by Crippen LogP contribution is 2.20. The first-order chi connectivity index (χ1) is 9.27. The molecule has 0 amide bonds. The Kier molecular flexibility index (Phi) is 5.01. The van der Waals surface area contributed by atoms with Gasteiger partial charge >= 0.3 is 0 Å². The second kappa shape index (κ2) is 6.97. The first-order valence-electron chi connectivity index (χ1n) is 6.36. The van der Waals surface area contributed by atoms with Gasteiger partial charge < -0.3 is 19.6 Å². The van der Waals surface area contributed by atoms with Crippen LogP contribution >= 0.6 is 0 Å². The molecule has 0 bridgehead atoms. The Labute approximate surface area is 113 Å². The van der Waals surface area contributed by atoms with E-state index >= 15 is 0 Å². The fourth-order valence-electron chi connectivity index (χ4n) is 1.80. The van der Waals surface area contributed by atoms with Crippen molar-refractivity contribution >= 4 is 0 Å². The summed E-state index contributed by atoms with van der Waals surface area (Å²) in [7, 11) is 0. The molecule has 0 radical (unpaired) electrons. The zero-order valence-corrected chi connectivity index (χ0v) is 11.0. The van der Waals surface area contributed by atoms with Crippen LogP contribution in [0.15, 0.2) is 53.1 Å². The van der Waals surface area contributed by atoms with E-state index in [1.165, 1.54) is 0 Å². The van der Waals surface area contributed by atoms with E-state index in [1.807, 2.05) is 49.4 Å². The van der Waals surface area contributed by atoms with E-state index in [9.17, 15) is 0 Å². The van der Waals surface area contributed by atoms with Gasteiger partial charge in [0.1, 0.15) is 24.2 Å². The highest BCUT2D eigenvalue weighted by molar-refractivity contribution is 5.20. The third-order valence-corrected chi connectivity index (χ3v) is 2.69. The fraction of sp³-hybridized carbons (Fsp3) is 0.333. The van der Waals surface area contributed by atoms with E-state index < -0.39 is 0 Å². The van der Waals surface area contributed by atoms with Crippen LogP contribution in [0.4, 0.5) is 0 Å². The minimum absolute atomic E-state index is 0.136. The molecule has 0 aliphatic carbocycles. The molecule has 0 aliphatic heterocycles. The van der Waals surface area contributed by atoms with Crippen LogP contribution in [-0.4, -0.2) is 19.3 Å². The Morgan fingerprint density at radius 1 is 1.11 bits per heavy atom. The minimum Gasteiger partial charge on any atom is -0.491 e. The van der Waals surface area contributed by atoms with Crippen LogP contribution in [0.2, 0.25) is 0 Å². The van der Waals surface area contributed by atoms with Gasteiger partial charge in [0.05, 0.1) is 12.9 Å². The van der Waals surface area contributed by atoms with Gasteiger partial charge in [0, 0.05) is 6.04 Å². The molecule has 102 valence electrons. The van der Waals surface area contributed by atoms with Gasteiger partial charge in [-0.05, 0) is 31.2 Å². The predicted molar refractivity (Wildman–Crippen MR) is 73.0 cm³/mol. The predicted octanol–water partition coefficient (Wildman–Crippen LogP) is 2.76. The van der Waals surface area contributed by atoms with Crippen LogP contribution in [0.25, 0.3) is 0 Å². The van der Waals surface area contributed by atoms with Crippen molar-refractivity contribution < 1.29 is 13.9 Å². The summed E-state index contributed by atoms with van der Waals surface area (Å²) in [6.07, 6.45) is 1.38. The van der Waals surface area contributed by atoms with Crippen LogP contribution in [-0.2, 0) is 4.74 Å². The Bertz CT molecular complexity index is 454. The molecule has 0 spiro atoms. The number of hydrogen-bond acceptors (Lipinski definition) is 4. The van der Waals surface area contributed by atoms with Crippen molar-refractivity contribution in [2.75, 3.05) is 13.2 Å². The van der Waals surface area contributed by atoms with E-state index in [0.717, 1.165) is 11.5 Å². The van der Waals surface area contributed by atoms with E-state index in [4.69, 9.17) is 19.6 Å². The molecule has 2 atom stereocenters. The SMILES string of the molecule is CC(N)C(OCCOc1ccccc1)c1ccco1. The zero-order chi connectivity index (χ0) is 13.5. The molecule has 1 heterocycles. The van der Waals surface area contributed by atoms with Gasteiger partial charge in [-0.1, -0.05) is 18.2 Å². The van der Waals surface area contributed by atoms with Crippen LogP contribution in [0.3, 0.4) is 0 Å². The number of para-hydroxylation sites is 1. The van der Waals surface area contributed by atoms with Crippen LogP contribution in [0.5, 0.6) is 5.75 Å². The molecule has 4 heteroatoms. The van der Waals surface area contributed by atoms with Crippen LogP contribution < -0.4 is 10.5 Å². The lowest BCUT2D eigenvalue weighted by Gasteiger charge is -2.19. The monoisotopic (exact) mass is 261 g/mol. The lowest BCUT2D eigenvalue weighted by molar-refractivity contribution is 0.00844. The second-order valence-corrected chi connectivity index (χ2v) is 4.33. The van der Waals surface area contributed by atoms with Gasteiger partial charge in [-0.2, -0.15) is 0 Å². The number of furan rings is 1. The molecule has 1 aromatic heterocycles. The second-order valence-electron chi connectivity index (χ2n) is 4.33. The third-order valence-electron chi connectivity index (χ3n) is 2.69. The van der Waals surface area contributed by atoms with Crippen molar-refractivity contribution in [3.05, 3.63) is 54.5 Å². The minimum atomic E-state index is -0.241. The Morgan fingerprint density at radius 2 is 1.89 bits per heavy atom. The van der Waals surface area contributed by atoms with Crippen molar-refractivity contribution in [3.63, 3.8) is 0 Å². The average molecular weight is 261 g/mol. The fourth-order valence-corrected chi connectivity index (χ4v) is 1.80. The van der Waals surface area contributed by atoms with Gasteiger partial charge in [-0.3, -0.25) is 0 Å². The summed E-state index contributed by atoms with van der Waals surface area (Å²) in [6.45, 7) is 2.83. The molecule has 0 aliphatic rings. The Hall–Kier alpha value is -1.78. The summed E-state index contributed by atoms with van der Waals surface area (Å²) in [6, 6.07) is 13.2. The van der Waals surface area contributed by atoms with Gasteiger partial charge in [0.25, 0.3) is 0 Å². The highest BCUT2D eigenvalue weighted by atomic mass is 16.5. The smallest absolute Gasteiger partial charge is 0.134 e. The van der Waals surface area contributed by atoms with E-state index in [2.05, 4.69) is 0 Å². The topological polar surface area (TPSA) is 57.6 Å². The third kappa shape index (κ3) is 4.12. The summed E-state index contributed by atoms with van der Waals surface area (Å²) in [5.41, 5.74) is 5.90. The molecule has 0 saturated carbocycles.